The van der Waals surface area contributed by atoms with E-state index in [-0.39, 0.29) is 6.10 Å². The van der Waals surface area contributed by atoms with Gasteiger partial charge in [-0.3, -0.25) is 0 Å². The molecule has 1 aromatic rings. The van der Waals surface area contributed by atoms with Crippen molar-refractivity contribution in [2.45, 2.75) is 6.10 Å². The van der Waals surface area contributed by atoms with Crippen LogP contribution in [0.5, 0.6) is 5.75 Å². The maximum Gasteiger partial charge on any atom is 0.414 e. The number of aliphatic carboxylic acids is 2. The van der Waals surface area contributed by atoms with Crippen LogP contribution in [0.25, 0.3) is 0 Å². The van der Waals surface area contributed by atoms with E-state index in [1.165, 1.54) is 0 Å². The first kappa shape index (κ1) is 17.2. The third-order valence-corrected chi connectivity index (χ3v) is 2.76. The normalized spacial score (nSPS) is 17.3. The van der Waals surface area contributed by atoms with Crippen molar-refractivity contribution in [3.05, 3.63) is 29.3 Å². The van der Waals surface area contributed by atoms with Crippen LogP contribution in [0, 0.1) is 0 Å². The second-order valence-corrected chi connectivity index (χ2v) is 4.46. The van der Waals surface area contributed by atoms with Crippen LogP contribution in [0.1, 0.15) is 0 Å². The van der Waals surface area contributed by atoms with E-state index in [1.807, 2.05) is 24.3 Å². The molecule has 0 bridgehead atoms. The molecule has 0 aromatic heterocycles. The average molecular weight is 318 g/mol. The summed E-state index contributed by atoms with van der Waals surface area (Å²) in [6.07, 6.45) is 0.120. The SMILES string of the molecule is Clc1ccccc1OCC1CNCCO1.O=C(O)C(=O)O. The second kappa shape index (κ2) is 9.17. The van der Waals surface area contributed by atoms with Gasteiger partial charge in [0.1, 0.15) is 18.5 Å². The number of rotatable bonds is 3. The summed E-state index contributed by atoms with van der Waals surface area (Å²) in [6, 6.07) is 7.46. The van der Waals surface area contributed by atoms with Gasteiger partial charge in [0.05, 0.1) is 11.6 Å². The lowest BCUT2D eigenvalue weighted by Crippen LogP contribution is -2.41. The molecule has 1 saturated heterocycles. The molecule has 7 nitrogen and oxygen atoms in total. The molecular weight excluding hydrogens is 302 g/mol. The van der Waals surface area contributed by atoms with Crippen molar-refractivity contribution in [3.63, 3.8) is 0 Å². The Bertz CT molecular complexity index is 463. The predicted octanol–water partition coefficient (Wildman–Crippen LogP) is 0.863. The van der Waals surface area contributed by atoms with Crippen molar-refractivity contribution >= 4 is 23.5 Å². The smallest absolute Gasteiger partial charge is 0.414 e. The Labute approximate surface area is 126 Å². The van der Waals surface area contributed by atoms with E-state index in [9.17, 15) is 0 Å². The van der Waals surface area contributed by atoms with E-state index in [1.54, 1.807) is 0 Å². The molecule has 116 valence electrons. The molecule has 1 atom stereocenters. The monoisotopic (exact) mass is 317 g/mol. The lowest BCUT2D eigenvalue weighted by molar-refractivity contribution is -0.159. The average Bonchev–Trinajstić information content (AvgIpc) is 2.48. The lowest BCUT2D eigenvalue weighted by Gasteiger charge is -2.23. The van der Waals surface area contributed by atoms with Gasteiger partial charge in [0.15, 0.2) is 0 Å². The van der Waals surface area contributed by atoms with Crippen LogP contribution in [0.3, 0.4) is 0 Å². The van der Waals surface area contributed by atoms with Crippen LogP contribution in [-0.4, -0.2) is 54.6 Å². The molecule has 1 heterocycles. The number of halogens is 1. The fourth-order valence-electron chi connectivity index (χ4n) is 1.47. The van der Waals surface area contributed by atoms with Crippen molar-refractivity contribution in [3.8, 4) is 5.75 Å². The van der Waals surface area contributed by atoms with Gasteiger partial charge in [0, 0.05) is 13.1 Å². The third-order valence-electron chi connectivity index (χ3n) is 2.45. The fraction of sp³-hybridized carbons (Fsp3) is 0.385. The number of hydrogen-bond donors (Lipinski definition) is 3. The van der Waals surface area contributed by atoms with Crippen molar-refractivity contribution in [1.29, 1.82) is 0 Å². The summed E-state index contributed by atoms with van der Waals surface area (Å²) in [5.74, 6) is -2.93. The molecular formula is C13H16ClNO6. The van der Waals surface area contributed by atoms with Gasteiger partial charge in [-0.05, 0) is 12.1 Å². The number of carboxylic acid groups (broad SMARTS) is 2. The van der Waals surface area contributed by atoms with Gasteiger partial charge in [-0.1, -0.05) is 23.7 Å². The van der Waals surface area contributed by atoms with Crippen LogP contribution >= 0.6 is 11.6 Å². The molecule has 0 spiro atoms. The standard InChI is InChI=1S/C11H14ClNO2.C2H2O4/c12-10-3-1-2-4-11(10)15-8-9-7-13-5-6-14-9;3-1(4)2(5)6/h1-4,9,13H,5-8H2;(H,3,4)(H,5,6). The van der Waals surface area contributed by atoms with Crippen molar-refractivity contribution in [1.82, 2.24) is 5.32 Å². The molecule has 3 N–H and O–H groups in total. The molecule has 0 aliphatic carbocycles. The van der Waals surface area contributed by atoms with Crippen molar-refractivity contribution < 1.29 is 29.3 Å². The lowest BCUT2D eigenvalue weighted by atomic mass is 10.3. The zero-order chi connectivity index (χ0) is 15.7. The van der Waals surface area contributed by atoms with E-state index < -0.39 is 11.9 Å². The summed E-state index contributed by atoms with van der Waals surface area (Å²) in [5, 5.41) is 18.7. The van der Waals surface area contributed by atoms with Gasteiger partial charge in [-0.2, -0.15) is 0 Å². The van der Waals surface area contributed by atoms with Gasteiger partial charge in [-0.15, -0.1) is 0 Å². The largest absolute Gasteiger partial charge is 0.489 e. The number of hydrogen-bond acceptors (Lipinski definition) is 5. The highest BCUT2D eigenvalue weighted by Gasteiger charge is 2.14. The van der Waals surface area contributed by atoms with E-state index in [0.29, 0.717) is 17.4 Å². The number of morpholine rings is 1. The number of carbonyl (C=O) groups is 2. The number of para-hydroxylation sites is 1. The minimum absolute atomic E-state index is 0.120. The molecule has 21 heavy (non-hydrogen) atoms. The minimum Gasteiger partial charge on any atom is -0.489 e. The molecule has 0 amide bonds. The molecule has 1 aromatic carbocycles. The maximum absolute atomic E-state index is 9.10. The first-order valence-electron chi connectivity index (χ1n) is 6.16. The molecule has 0 saturated carbocycles. The van der Waals surface area contributed by atoms with Crippen molar-refractivity contribution in [2.24, 2.45) is 0 Å². The van der Waals surface area contributed by atoms with E-state index in [0.717, 1.165) is 19.7 Å². The highest BCUT2D eigenvalue weighted by atomic mass is 35.5. The van der Waals surface area contributed by atoms with Crippen LogP contribution in [-0.2, 0) is 14.3 Å². The molecule has 1 unspecified atom stereocenters. The number of benzene rings is 1. The van der Waals surface area contributed by atoms with Crippen LogP contribution in [0.15, 0.2) is 24.3 Å². The van der Waals surface area contributed by atoms with Crippen molar-refractivity contribution in [2.75, 3.05) is 26.3 Å². The molecule has 1 aliphatic rings. The topological polar surface area (TPSA) is 105 Å². The van der Waals surface area contributed by atoms with Crippen LogP contribution in [0.2, 0.25) is 5.02 Å². The van der Waals surface area contributed by atoms with E-state index in [2.05, 4.69) is 5.32 Å². The number of carboxylic acids is 2. The zero-order valence-electron chi connectivity index (χ0n) is 11.1. The Morgan fingerprint density at radius 1 is 1.33 bits per heavy atom. The first-order valence-corrected chi connectivity index (χ1v) is 6.54. The number of nitrogens with one attached hydrogen (secondary N) is 1. The second-order valence-electron chi connectivity index (χ2n) is 4.05. The molecule has 2 rings (SSSR count). The fourth-order valence-corrected chi connectivity index (χ4v) is 1.66. The van der Waals surface area contributed by atoms with Gasteiger partial charge < -0.3 is 25.0 Å². The van der Waals surface area contributed by atoms with Crippen LogP contribution < -0.4 is 10.1 Å². The zero-order valence-corrected chi connectivity index (χ0v) is 11.9. The molecule has 1 aliphatic heterocycles. The summed E-state index contributed by atoms with van der Waals surface area (Å²) in [5.41, 5.74) is 0. The Hall–Kier alpha value is -1.83. The summed E-state index contributed by atoms with van der Waals surface area (Å²) in [6.45, 7) is 3.04. The third kappa shape index (κ3) is 6.94. The molecule has 1 fully saturated rings. The van der Waals surface area contributed by atoms with Crippen LogP contribution in [0.4, 0.5) is 0 Å². The highest BCUT2D eigenvalue weighted by molar-refractivity contribution is 6.32. The Morgan fingerprint density at radius 2 is 2.00 bits per heavy atom. The summed E-state index contributed by atoms with van der Waals surface area (Å²) in [7, 11) is 0. The summed E-state index contributed by atoms with van der Waals surface area (Å²) >= 11 is 5.96. The Morgan fingerprint density at radius 3 is 2.52 bits per heavy atom. The Kier molecular flexibility index (Phi) is 7.52. The number of ether oxygens (including phenoxy) is 2. The maximum atomic E-state index is 9.10. The Balaban J connectivity index is 0.000000315. The van der Waals surface area contributed by atoms with Gasteiger partial charge in [0.25, 0.3) is 0 Å². The summed E-state index contributed by atoms with van der Waals surface area (Å²) < 4.78 is 11.1. The quantitative estimate of drug-likeness (QED) is 0.710. The first-order chi connectivity index (χ1) is 10.0. The summed E-state index contributed by atoms with van der Waals surface area (Å²) in [4.78, 5) is 18.2. The predicted molar refractivity (Wildman–Crippen MR) is 74.8 cm³/mol. The van der Waals surface area contributed by atoms with Gasteiger partial charge in [-0.25, -0.2) is 9.59 Å². The highest BCUT2D eigenvalue weighted by Crippen LogP contribution is 2.23. The van der Waals surface area contributed by atoms with E-state index >= 15 is 0 Å². The minimum atomic E-state index is -1.82. The van der Waals surface area contributed by atoms with Gasteiger partial charge in [0.2, 0.25) is 0 Å². The van der Waals surface area contributed by atoms with Gasteiger partial charge >= 0.3 is 11.9 Å². The molecule has 0 radical (unpaired) electrons. The van der Waals surface area contributed by atoms with E-state index in [4.69, 9.17) is 40.9 Å². The molecule has 8 heteroatoms.